The smallest absolute Gasteiger partial charge is 0.165 e. The van der Waals surface area contributed by atoms with Crippen LogP contribution in [0.5, 0.6) is 0 Å². The van der Waals surface area contributed by atoms with Gasteiger partial charge in [-0.3, -0.25) is 4.90 Å². The van der Waals surface area contributed by atoms with Gasteiger partial charge in [0.2, 0.25) is 0 Å². The molecule has 0 bridgehead atoms. The van der Waals surface area contributed by atoms with Gasteiger partial charge >= 0.3 is 0 Å². The van der Waals surface area contributed by atoms with Crippen molar-refractivity contribution in [1.29, 1.82) is 0 Å². The number of hydrogen-bond acceptors (Lipinski definition) is 5. The maximum absolute atomic E-state index is 9.88. The van der Waals surface area contributed by atoms with Gasteiger partial charge in [0.15, 0.2) is 5.82 Å². The van der Waals surface area contributed by atoms with Crippen LogP contribution in [0.15, 0.2) is 0 Å². The molecule has 3 rings (SSSR count). The minimum absolute atomic E-state index is 0.190. The molecule has 0 aromatic carbocycles. The molecule has 0 aliphatic heterocycles. The lowest BCUT2D eigenvalue weighted by Gasteiger charge is -2.19. The molecule has 1 aromatic rings. The zero-order chi connectivity index (χ0) is 11.8. The van der Waals surface area contributed by atoms with E-state index in [1.165, 1.54) is 25.7 Å². The van der Waals surface area contributed by atoms with Gasteiger partial charge in [0.25, 0.3) is 0 Å². The predicted octanol–water partition coefficient (Wildman–Crippen LogP) is 0.211. The summed E-state index contributed by atoms with van der Waals surface area (Å²) in [5.74, 6) is 1.44. The number of aromatic nitrogens is 4. The van der Waals surface area contributed by atoms with E-state index >= 15 is 0 Å². The Morgan fingerprint density at radius 2 is 2.18 bits per heavy atom. The van der Waals surface area contributed by atoms with Crippen molar-refractivity contribution in [3.63, 3.8) is 0 Å². The highest BCUT2D eigenvalue weighted by molar-refractivity contribution is 4.91. The lowest BCUT2D eigenvalue weighted by atomic mass is 10.2. The molecular weight excluding hydrogens is 218 g/mol. The van der Waals surface area contributed by atoms with Crippen LogP contribution in [-0.4, -0.2) is 49.9 Å². The Morgan fingerprint density at radius 1 is 1.41 bits per heavy atom. The molecule has 0 spiro atoms. The lowest BCUT2D eigenvalue weighted by Crippen LogP contribution is -2.31. The fourth-order valence-electron chi connectivity index (χ4n) is 2.17. The molecule has 2 saturated carbocycles. The van der Waals surface area contributed by atoms with Crippen LogP contribution in [-0.2, 0) is 6.54 Å². The van der Waals surface area contributed by atoms with Crippen LogP contribution < -0.4 is 0 Å². The molecule has 2 aliphatic carbocycles. The number of hydrogen-bond donors (Lipinski definition) is 1. The molecule has 1 atom stereocenters. The van der Waals surface area contributed by atoms with E-state index in [0.717, 1.165) is 5.82 Å². The van der Waals surface area contributed by atoms with E-state index in [0.29, 0.717) is 25.0 Å². The van der Waals surface area contributed by atoms with Gasteiger partial charge in [0, 0.05) is 6.54 Å². The standard InChI is InChI=1S/C11H19N5O/c1-15(6-10(17)8-2-3-8)7-11-12-13-14-16(11)9-4-5-9/h8-10,17H,2-7H2,1H3. The van der Waals surface area contributed by atoms with Gasteiger partial charge in [-0.2, -0.15) is 0 Å². The maximum atomic E-state index is 9.88. The van der Waals surface area contributed by atoms with Crippen LogP contribution in [0.4, 0.5) is 0 Å². The Balaban J connectivity index is 1.55. The monoisotopic (exact) mass is 237 g/mol. The maximum Gasteiger partial charge on any atom is 0.165 e. The van der Waals surface area contributed by atoms with Crippen LogP contribution in [0, 0.1) is 5.92 Å². The fourth-order valence-corrected chi connectivity index (χ4v) is 2.17. The first-order valence-corrected chi connectivity index (χ1v) is 6.37. The summed E-state index contributed by atoms with van der Waals surface area (Å²) in [7, 11) is 2.01. The minimum Gasteiger partial charge on any atom is -0.392 e. The first-order chi connectivity index (χ1) is 8.24. The summed E-state index contributed by atoms with van der Waals surface area (Å²) in [6.45, 7) is 1.43. The summed E-state index contributed by atoms with van der Waals surface area (Å²) in [5.41, 5.74) is 0. The van der Waals surface area contributed by atoms with Crippen LogP contribution in [0.3, 0.4) is 0 Å². The van der Waals surface area contributed by atoms with Gasteiger partial charge in [-0.1, -0.05) is 0 Å². The molecule has 94 valence electrons. The van der Waals surface area contributed by atoms with Crippen LogP contribution in [0.25, 0.3) is 0 Å². The second kappa shape index (κ2) is 4.34. The first kappa shape index (κ1) is 11.1. The molecule has 1 unspecified atom stereocenters. The summed E-state index contributed by atoms with van der Waals surface area (Å²) in [5, 5.41) is 21.7. The summed E-state index contributed by atoms with van der Waals surface area (Å²) in [4.78, 5) is 2.10. The molecule has 1 heterocycles. The van der Waals surface area contributed by atoms with Crippen molar-refractivity contribution in [2.24, 2.45) is 5.92 Å². The Hall–Kier alpha value is -1.01. The number of aliphatic hydroxyl groups excluding tert-OH is 1. The molecular formula is C11H19N5O. The van der Waals surface area contributed by atoms with Crippen molar-refractivity contribution in [1.82, 2.24) is 25.1 Å². The molecule has 0 saturated heterocycles. The number of likely N-dealkylation sites (N-methyl/N-ethyl adjacent to an activating group) is 1. The highest BCUT2D eigenvalue weighted by atomic mass is 16.3. The van der Waals surface area contributed by atoms with Gasteiger partial charge in [-0.05, 0) is 49.1 Å². The Labute approximate surface area is 101 Å². The van der Waals surface area contributed by atoms with Crippen LogP contribution in [0.2, 0.25) is 0 Å². The van der Waals surface area contributed by atoms with Crippen molar-refractivity contribution >= 4 is 0 Å². The third kappa shape index (κ3) is 2.63. The van der Waals surface area contributed by atoms with E-state index in [-0.39, 0.29) is 6.10 Å². The van der Waals surface area contributed by atoms with Gasteiger partial charge < -0.3 is 5.11 Å². The Morgan fingerprint density at radius 3 is 2.82 bits per heavy atom. The van der Waals surface area contributed by atoms with Crippen molar-refractivity contribution in [3.05, 3.63) is 5.82 Å². The van der Waals surface area contributed by atoms with E-state index in [2.05, 4.69) is 20.4 Å². The minimum atomic E-state index is -0.190. The molecule has 17 heavy (non-hydrogen) atoms. The van der Waals surface area contributed by atoms with Crippen LogP contribution >= 0.6 is 0 Å². The molecule has 6 nitrogen and oxygen atoms in total. The van der Waals surface area contributed by atoms with Gasteiger partial charge in [0.1, 0.15) is 0 Å². The van der Waals surface area contributed by atoms with E-state index in [1.807, 2.05) is 11.7 Å². The normalized spacial score (nSPS) is 22.1. The largest absolute Gasteiger partial charge is 0.392 e. The van der Waals surface area contributed by atoms with E-state index in [9.17, 15) is 5.11 Å². The third-order valence-corrected chi connectivity index (χ3v) is 3.53. The second-order valence-corrected chi connectivity index (χ2v) is 5.37. The van der Waals surface area contributed by atoms with Crippen molar-refractivity contribution in [2.45, 2.75) is 44.4 Å². The van der Waals surface area contributed by atoms with E-state index in [1.54, 1.807) is 0 Å². The van der Waals surface area contributed by atoms with Gasteiger partial charge in [-0.15, -0.1) is 5.10 Å². The van der Waals surface area contributed by atoms with E-state index in [4.69, 9.17) is 0 Å². The molecule has 0 radical (unpaired) electrons. The number of rotatable bonds is 6. The zero-order valence-corrected chi connectivity index (χ0v) is 10.2. The fraction of sp³-hybridized carbons (Fsp3) is 0.909. The second-order valence-electron chi connectivity index (χ2n) is 5.37. The zero-order valence-electron chi connectivity index (χ0n) is 10.2. The number of tetrazole rings is 1. The quantitative estimate of drug-likeness (QED) is 0.766. The van der Waals surface area contributed by atoms with Crippen molar-refractivity contribution < 1.29 is 5.11 Å². The lowest BCUT2D eigenvalue weighted by molar-refractivity contribution is 0.102. The summed E-state index contributed by atoms with van der Waals surface area (Å²) < 4.78 is 1.93. The molecule has 2 aliphatic rings. The number of aliphatic hydroxyl groups is 1. The molecule has 1 N–H and O–H groups in total. The van der Waals surface area contributed by atoms with Gasteiger partial charge in [-0.25, -0.2) is 4.68 Å². The highest BCUT2D eigenvalue weighted by Gasteiger charge is 2.31. The van der Waals surface area contributed by atoms with Crippen LogP contribution in [0.1, 0.15) is 37.5 Å². The topological polar surface area (TPSA) is 67.1 Å². The van der Waals surface area contributed by atoms with Gasteiger partial charge in [0.05, 0.1) is 18.7 Å². The molecule has 0 amide bonds. The highest BCUT2D eigenvalue weighted by Crippen LogP contribution is 2.35. The summed E-state index contributed by atoms with van der Waals surface area (Å²) in [6, 6.07) is 0.516. The third-order valence-electron chi connectivity index (χ3n) is 3.53. The molecule has 1 aromatic heterocycles. The molecule has 2 fully saturated rings. The summed E-state index contributed by atoms with van der Waals surface area (Å²) >= 11 is 0. The molecule has 6 heteroatoms. The average molecular weight is 237 g/mol. The first-order valence-electron chi connectivity index (χ1n) is 6.37. The Bertz CT molecular complexity index is 385. The number of nitrogens with zero attached hydrogens (tertiary/aromatic N) is 5. The Kier molecular flexibility index (Phi) is 2.84. The van der Waals surface area contributed by atoms with E-state index < -0.39 is 0 Å². The summed E-state index contributed by atoms with van der Waals surface area (Å²) in [6.07, 6.45) is 4.54. The average Bonchev–Trinajstić information content (AvgIpc) is 3.18. The SMILES string of the molecule is CN(Cc1nnnn1C1CC1)CC(O)C1CC1. The van der Waals surface area contributed by atoms with Crippen molar-refractivity contribution in [3.8, 4) is 0 Å². The van der Waals surface area contributed by atoms with Crippen molar-refractivity contribution in [2.75, 3.05) is 13.6 Å². The predicted molar refractivity (Wildman–Crippen MR) is 61.2 cm³/mol.